The highest BCUT2D eigenvalue weighted by Crippen LogP contribution is 2.40. The Labute approximate surface area is 147 Å². The van der Waals surface area contributed by atoms with Gasteiger partial charge in [-0.3, -0.25) is 9.59 Å². The molecule has 2 N–H and O–H groups in total. The van der Waals surface area contributed by atoms with E-state index in [1.165, 1.54) is 0 Å². The lowest BCUT2D eigenvalue weighted by molar-refractivity contribution is -0.125. The summed E-state index contributed by atoms with van der Waals surface area (Å²) in [6, 6.07) is 15.2. The molecular weight excluding hydrogens is 316 g/mol. The van der Waals surface area contributed by atoms with Crippen molar-refractivity contribution in [3.8, 4) is 5.75 Å². The fraction of sp³-hybridized carbons (Fsp3) is 0.300. The van der Waals surface area contributed by atoms with Crippen LogP contribution in [0.2, 0.25) is 0 Å². The lowest BCUT2D eigenvalue weighted by Crippen LogP contribution is -2.27. The molecule has 1 aliphatic rings. The molecule has 0 radical (unpaired) electrons. The fourth-order valence-electron chi connectivity index (χ4n) is 2.89. The van der Waals surface area contributed by atoms with Gasteiger partial charge in [-0.1, -0.05) is 42.0 Å². The molecule has 1 saturated carbocycles. The van der Waals surface area contributed by atoms with Crippen LogP contribution in [0, 0.1) is 18.8 Å². The Kier molecular flexibility index (Phi) is 5.03. The molecule has 2 aromatic rings. The van der Waals surface area contributed by atoms with Crippen molar-refractivity contribution in [2.24, 2.45) is 11.8 Å². The number of aryl methyl sites for hydroxylation is 1. The molecule has 2 amide bonds. The standard InChI is InChI=1S/C20H22N2O3/c1-13-6-5-7-14(10-13)12-21-19(23)15-11-16(15)20(24)22-17-8-3-4-9-18(17)25-2/h3-10,15-16H,11-12H2,1-2H3,(H,21,23)(H,22,24). The topological polar surface area (TPSA) is 67.4 Å². The van der Waals surface area contributed by atoms with Crippen LogP contribution in [0.1, 0.15) is 17.5 Å². The summed E-state index contributed by atoms with van der Waals surface area (Å²) in [4.78, 5) is 24.6. The first kappa shape index (κ1) is 17.0. The second kappa shape index (κ2) is 7.38. The van der Waals surface area contributed by atoms with Crippen LogP contribution in [0.5, 0.6) is 5.75 Å². The Hall–Kier alpha value is -2.82. The molecule has 0 aromatic heterocycles. The minimum Gasteiger partial charge on any atom is -0.495 e. The van der Waals surface area contributed by atoms with Crippen LogP contribution in [-0.2, 0) is 16.1 Å². The van der Waals surface area contributed by atoms with Crippen LogP contribution in [0.15, 0.2) is 48.5 Å². The third-order valence-corrected chi connectivity index (χ3v) is 4.38. The van der Waals surface area contributed by atoms with E-state index in [9.17, 15) is 9.59 Å². The summed E-state index contributed by atoms with van der Waals surface area (Å²) in [6.45, 7) is 2.50. The van der Waals surface area contributed by atoms with Gasteiger partial charge in [-0.05, 0) is 31.0 Å². The molecule has 25 heavy (non-hydrogen) atoms. The minimum absolute atomic E-state index is 0.0679. The highest BCUT2D eigenvalue weighted by Gasteiger charge is 2.48. The molecule has 2 unspecified atom stereocenters. The third-order valence-electron chi connectivity index (χ3n) is 4.38. The zero-order chi connectivity index (χ0) is 17.8. The second-order valence-corrected chi connectivity index (χ2v) is 6.35. The molecule has 5 heteroatoms. The van der Waals surface area contributed by atoms with Crippen molar-refractivity contribution in [3.63, 3.8) is 0 Å². The van der Waals surface area contributed by atoms with E-state index in [1.54, 1.807) is 19.2 Å². The smallest absolute Gasteiger partial charge is 0.228 e. The third kappa shape index (κ3) is 4.18. The molecule has 0 aliphatic heterocycles. The lowest BCUT2D eigenvalue weighted by atomic mass is 10.1. The molecule has 1 fully saturated rings. The number of methoxy groups -OCH3 is 1. The summed E-state index contributed by atoms with van der Waals surface area (Å²) in [7, 11) is 1.56. The van der Waals surface area contributed by atoms with Gasteiger partial charge >= 0.3 is 0 Å². The highest BCUT2D eigenvalue weighted by atomic mass is 16.5. The summed E-state index contributed by atoms with van der Waals surface area (Å²) in [5.74, 6) is -0.124. The van der Waals surface area contributed by atoms with Gasteiger partial charge in [-0.25, -0.2) is 0 Å². The SMILES string of the molecule is COc1ccccc1NC(=O)C1CC1C(=O)NCc1cccc(C)c1. The molecule has 0 spiro atoms. The second-order valence-electron chi connectivity index (χ2n) is 6.35. The van der Waals surface area contributed by atoms with E-state index < -0.39 is 0 Å². The number of benzene rings is 2. The Morgan fingerprint density at radius 1 is 1.08 bits per heavy atom. The number of hydrogen-bond donors (Lipinski definition) is 2. The van der Waals surface area contributed by atoms with Gasteiger partial charge in [0.1, 0.15) is 5.75 Å². The Bertz CT molecular complexity index is 788. The molecule has 2 atom stereocenters. The average molecular weight is 338 g/mol. The van der Waals surface area contributed by atoms with Gasteiger partial charge in [0.25, 0.3) is 0 Å². The monoisotopic (exact) mass is 338 g/mol. The molecule has 0 saturated heterocycles. The zero-order valence-electron chi connectivity index (χ0n) is 14.4. The zero-order valence-corrected chi connectivity index (χ0v) is 14.4. The van der Waals surface area contributed by atoms with Crippen molar-refractivity contribution < 1.29 is 14.3 Å². The van der Waals surface area contributed by atoms with Gasteiger partial charge in [-0.15, -0.1) is 0 Å². The minimum atomic E-state index is -0.276. The number of carbonyl (C=O) groups is 2. The Morgan fingerprint density at radius 3 is 2.60 bits per heavy atom. The van der Waals surface area contributed by atoms with E-state index in [-0.39, 0.29) is 23.7 Å². The van der Waals surface area contributed by atoms with Gasteiger partial charge in [0.15, 0.2) is 0 Å². The first-order valence-corrected chi connectivity index (χ1v) is 8.35. The van der Waals surface area contributed by atoms with Crippen molar-refractivity contribution in [3.05, 3.63) is 59.7 Å². The number of hydrogen-bond acceptors (Lipinski definition) is 3. The molecule has 5 nitrogen and oxygen atoms in total. The summed E-state index contributed by atoms with van der Waals surface area (Å²) in [5.41, 5.74) is 2.84. The maximum absolute atomic E-state index is 12.3. The lowest BCUT2D eigenvalue weighted by Gasteiger charge is -2.10. The Balaban J connectivity index is 1.51. The maximum Gasteiger partial charge on any atom is 0.228 e. The highest BCUT2D eigenvalue weighted by molar-refractivity contribution is 6.00. The number of ether oxygens (including phenoxy) is 1. The van der Waals surface area contributed by atoms with Crippen LogP contribution in [0.3, 0.4) is 0 Å². The van der Waals surface area contributed by atoms with Crippen molar-refractivity contribution in [1.82, 2.24) is 5.32 Å². The van der Waals surface area contributed by atoms with Crippen molar-refractivity contribution in [2.45, 2.75) is 19.9 Å². The quantitative estimate of drug-likeness (QED) is 0.851. The number of amides is 2. The van der Waals surface area contributed by atoms with Gasteiger partial charge in [-0.2, -0.15) is 0 Å². The van der Waals surface area contributed by atoms with Crippen molar-refractivity contribution >= 4 is 17.5 Å². The first-order chi connectivity index (χ1) is 12.1. The Morgan fingerprint density at radius 2 is 1.84 bits per heavy atom. The van der Waals surface area contributed by atoms with E-state index in [4.69, 9.17) is 4.74 Å². The summed E-state index contributed by atoms with van der Waals surface area (Å²) >= 11 is 0. The predicted molar refractivity (Wildman–Crippen MR) is 96.2 cm³/mol. The number of nitrogens with one attached hydrogen (secondary N) is 2. The summed E-state index contributed by atoms with van der Waals surface area (Å²) < 4.78 is 5.22. The van der Waals surface area contributed by atoms with E-state index in [2.05, 4.69) is 10.6 Å². The van der Waals surface area contributed by atoms with Gasteiger partial charge < -0.3 is 15.4 Å². The van der Waals surface area contributed by atoms with E-state index >= 15 is 0 Å². The van der Waals surface area contributed by atoms with Crippen LogP contribution < -0.4 is 15.4 Å². The largest absolute Gasteiger partial charge is 0.495 e. The molecule has 130 valence electrons. The number of para-hydroxylation sites is 2. The van der Waals surface area contributed by atoms with Crippen molar-refractivity contribution in [2.75, 3.05) is 12.4 Å². The van der Waals surface area contributed by atoms with E-state index in [0.29, 0.717) is 24.4 Å². The van der Waals surface area contributed by atoms with Crippen LogP contribution in [0.25, 0.3) is 0 Å². The van der Waals surface area contributed by atoms with Crippen molar-refractivity contribution in [1.29, 1.82) is 0 Å². The van der Waals surface area contributed by atoms with Crippen LogP contribution in [0.4, 0.5) is 5.69 Å². The molecule has 3 rings (SSSR count). The average Bonchev–Trinajstić information content (AvgIpc) is 3.41. The molecule has 0 bridgehead atoms. The van der Waals surface area contributed by atoms with Gasteiger partial charge in [0.05, 0.1) is 24.6 Å². The molecular formula is C20H22N2O3. The normalized spacial score (nSPS) is 18.3. The molecule has 1 aliphatic carbocycles. The fourth-order valence-corrected chi connectivity index (χ4v) is 2.89. The molecule has 2 aromatic carbocycles. The van der Waals surface area contributed by atoms with Gasteiger partial charge in [0.2, 0.25) is 11.8 Å². The van der Waals surface area contributed by atoms with Crippen LogP contribution in [-0.4, -0.2) is 18.9 Å². The summed E-state index contributed by atoms with van der Waals surface area (Å²) in [5, 5.41) is 5.76. The van der Waals surface area contributed by atoms with Crippen LogP contribution >= 0.6 is 0 Å². The maximum atomic E-state index is 12.3. The predicted octanol–water partition coefficient (Wildman–Crippen LogP) is 2.89. The van der Waals surface area contributed by atoms with Gasteiger partial charge in [0, 0.05) is 6.54 Å². The number of anilines is 1. The van der Waals surface area contributed by atoms with E-state index in [0.717, 1.165) is 11.1 Å². The summed E-state index contributed by atoms with van der Waals surface area (Å²) in [6.07, 6.45) is 0.584. The van der Waals surface area contributed by atoms with E-state index in [1.807, 2.05) is 43.3 Å². The molecule has 0 heterocycles. The number of carbonyl (C=O) groups excluding carboxylic acids is 2. The number of rotatable bonds is 6. The first-order valence-electron chi connectivity index (χ1n) is 8.35.